The Morgan fingerprint density at radius 2 is 1.93 bits per heavy atom. The van der Waals surface area contributed by atoms with Crippen LogP contribution in [0.4, 0.5) is 0 Å². The lowest BCUT2D eigenvalue weighted by molar-refractivity contribution is 0.0646. The summed E-state index contributed by atoms with van der Waals surface area (Å²) in [5.74, 6) is 0. The van der Waals surface area contributed by atoms with E-state index in [0.717, 1.165) is 6.54 Å². The summed E-state index contributed by atoms with van der Waals surface area (Å²) >= 11 is 0. The van der Waals surface area contributed by atoms with Gasteiger partial charge in [0.15, 0.2) is 0 Å². The lowest BCUT2D eigenvalue weighted by Crippen LogP contribution is -2.30. The highest BCUT2D eigenvalue weighted by molar-refractivity contribution is 4.57. The first-order valence-corrected chi connectivity index (χ1v) is 5.69. The molecule has 0 saturated heterocycles. The predicted molar refractivity (Wildman–Crippen MR) is 59.5 cm³/mol. The van der Waals surface area contributed by atoms with E-state index >= 15 is 0 Å². The minimum absolute atomic E-state index is 0.365. The van der Waals surface area contributed by atoms with E-state index in [9.17, 15) is 5.11 Å². The maximum absolute atomic E-state index is 9.30. The summed E-state index contributed by atoms with van der Waals surface area (Å²) in [6, 6.07) is 0. The van der Waals surface area contributed by atoms with Crippen LogP contribution in [0.25, 0.3) is 0 Å². The van der Waals surface area contributed by atoms with E-state index in [-0.39, 0.29) is 6.10 Å². The molecule has 1 unspecified atom stereocenters. The second-order valence-electron chi connectivity index (χ2n) is 3.73. The first kappa shape index (κ1) is 13.9. The number of ether oxygens (including phenoxy) is 1. The van der Waals surface area contributed by atoms with Crippen molar-refractivity contribution in [1.82, 2.24) is 5.32 Å². The zero-order valence-corrected chi connectivity index (χ0v) is 9.59. The van der Waals surface area contributed by atoms with Crippen LogP contribution in [0.2, 0.25) is 0 Å². The molecule has 0 rings (SSSR count). The highest BCUT2D eigenvalue weighted by atomic mass is 16.5. The normalized spacial score (nSPS) is 13.1. The second-order valence-corrected chi connectivity index (χ2v) is 3.73. The summed E-state index contributed by atoms with van der Waals surface area (Å²) in [4.78, 5) is 0. The van der Waals surface area contributed by atoms with Crippen LogP contribution in [0.5, 0.6) is 0 Å². The number of nitrogens with one attached hydrogen (secondary N) is 1. The Hall–Kier alpha value is -0.120. The second kappa shape index (κ2) is 11.0. The Morgan fingerprint density at radius 3 is 2.57 bits per heavy atom. The van der Waals surface area contributed by atoms with Crippen molar-refractivity contribution in [2.24, 2.45) is 0 Å². The zero-order chi connectivity index (χ0) is 10.6. The van der Waals surface area contributed by atoms with Crippen LogP contribution >= 0.6 is 0 Å². The van der Waals surface area contributed by atoms with Crippen molar-refractivity contribution in [3.05, 3.63) is 0 Å². The molecule has 0 aliphatic carbocycles. The first-order chi connectivity index (χ1) is 6.81. The third kappa shape index (κ3) is 9.96. The number of aliphatic hydroxyl groups excluding tert-OH is 1. The number of rotatable bonds is 10. The summed E-state index contributed by atoms with van der Waals surface area (Å²) in [5, 5.41) is 12.5. The minimum Gasteiger partial charge on any atom is -0.389 e. The molecule has 0 radical (unpaired) electrons. The van der Waals surface area contributed by atoms with Gasteiger partial charge in [-0.05, 0) is 13.0 Å². The lowest BCUT2D eigenvalue weighted by Gasteiger charge is -2.10. The highest BCUT2D eigenvalue weighted by Gasteiger charge is 2.00. The summed E-state index contributed by atoms with van der Waals surface area (Å²) in [6.45, 7) is 4.29. The molecule has 0 aromatic carbocycles. The van der Waals surface area contributed by atoms with Crippen LogP contribution in [0.15, 0.2) is 0 Å². The van der Waals surface area contributed by atoms with Crippen molar-refractivity contribution in [3.63, 3.8) is 0 Å². The van der Waals surface area contributed by atoms with Crippen molar-refractivity contribution in [1.29, 1.82) is 0 Å². The van der Waals surface area contributed by atoms with Crippen molar-refractivity contribution in [3.8, 4) is 0 Å². The molecule has 0 aliphatic heterocycles. The van der Waals surface area contributed by atoms with Crippen LogP contribution in [0, 0.1) is 0 Å². The molecular weight excluding hydrogens is 178 g/mol. The van der Waals surface area contributed by atoms with E-state index in [1.54, 1.807) is 7.11 Å². The molecule has 0 aromatic heterocycles. The minimum atomic E-state index is -0.365. The molecule has 0 bridgehead atoms. The summed E-state index contributed by atoms with van der Waals surface area (Å²) in [7, 11) is 1.61. The molecule has 14 heavy (non-hydrogen) atoms. The van der Waals surface area contributed by atoms with Gasteiger partial charge in [-0.1, -0.05) is 32.6 Å². The van der Waals surface area contributed by atoms with Gasteiger partial charge < -0.3 is 15.2 Å². The van der Waals surface area contributed by atoms with Gasteiger partial charge in [0, 0.05) is 13.7 Å². The number of aliphatic hydroxyl groups is 1. The average molecular weight is 203 g/mol. The lowest BCUT2D eigenvalue weighted by atomic mass is 10.1. The van der Waals surface area contributed by atoms with Gasteiger partial charge in [-0.15, -0.1) is 0 Å². The van der Waals surface area contributed by atoms with Gasteiger partial charge in [-0.25, -0.2) is 0 Å². The molecule has 0 heterocycles. The van der Waals surface area contributed by atoms with Crippen molar-refractivity contribution in [2.45, 2.75) is 45.1 Å². The van der Waals surface area contributed by atoms with Gasteiger partial charge in [-0.2, -0.15) is 0 Å². The standard InChI is InChI=1S/C11H25NO2/c1-3-4-5-6-7-8-12-9-11(13)10-14-2/h11-13H,3-10H2,1-2H3. The molecule has 1 atom stereocenters. The van der Waals surface area contributed by atoms with E-state index in [4.69, 9.17) is 4.74 Å². The smallest absolute Gasteiger partial charge is 0.0897 e. The molecule has 0 fully saturated rings. The molecule has 0 aromatic rings. The third-order valence-electron chi connectivity index (χ3n) is 2.20. The largest absolute Gasteiger partial charge is 0.389 e. The average Bonchev–Trinajstić information content (AvgIpc) is 2.17. The Bertz CT molecular complexity index is 109. The van der Waals surface area contributed by atoms with Gasteiger partial charge in [-0.3, -0.25) is 0 Å². The van der Waals surface area contributed by atoms with Crippen LogP contribution in [-0.2, 0) is 4.74 Å². The molecule has 2 N–H and O–H groups in total. The molecule has 3 heteroatoms. The van der Waals surface area contributed by atoms with Gasteiger partial charge in [0.25, 0.3) is 0 Å². The highest BCUT2D eigenvalue weighted by Crippen LogP contribution is 2.00. The fourth-order valence-electron chi connectivity index (χ4n) is 1.37. The van der Waals surface area contributed by atoms with E-state index in [1.165, 1.54) is 32.1 Å². The Labute approximate surface area is 87.8 Å². The number of methoxy groups -OCH3 is 1. The van der Waals surface area contributed by atoms with Gasteiger partial charge >= 0.3 is 0 Å². The fraction of sp³-hybridized carbons (Fsp3) is 1.00. The fourth-order valence-corrected chi connectivity index (χ4v) is 1.37. The van der Waals surface area contributed by atoms with Crippen molar-refractivity contribution in [2.75, 3.05) is 26.8 Å². The van der Waals surface area contributed by atoms with E-state index in [1.807, 2.05) is 0 Å². The van der Waals surface area contributed by atoms with Crippen LogP contribution in [-0.4, -0.2) is 38.0 Å². The molecular formula is C11H25NO2. The van der Waals surface area contributed by atoms with E-state index < -0.39 is 0 Å². The van der Waals surface area contributed by atoms with Gasteiger partial charge in [0.1, 0.15) is 0 Å². The van der Waals surface area contributed by atoms with E-state index in [0.29, 0.717) is 13.2 Å². The van der Waals surface area contributed by atoms with Gasteiger partial charge in [0.2, 0.25) is 0 Å². The predicted octanol–water partition coefficient (Wildman–Crippen LogP) is 1.55. The Balaban J connectivity index is 2.98. The summed E-state index contributed by atoms with van der Waals surface area (Å²) in [5.41, 5.74) is 0. The quantitative estimate of drug-likeness (QED) is 0.529. The van der Waals surface area contributed by atoms with Crippen LogP contribution < -0.4 is 5.32 Å². The van der Waals surface area contributed by atoms with Gasteiger partial charge in [0.05, 0.1) is 12.7 Å². The topological polar surface area (TPSA) is 41.5 Å². The van der Waals surface area contributed by atoms with Crippen molar-refractivity contribution >= 4 is 0 Å². The zero-order valence-electron chi connectivity index (χ0n) is 9.59. The molecule has 0 saturated carbocycles. The Morgan fingerprint density at radius 1 is 1.21 bits per heavy atom. The monoisotopic (exact) mass is 203 g/mol. The molecule has 3 nitrogen and oxygen atoms in total. The summed E-state index contributed by atoms with van der Waals surface area (Å²) < 4.78 is 4.82. The first-order valence-electron chi connectivity index (χ1n) is 5.69. The molecule has 0 amide bonds. The van der Waals surface area contributed by atoms with Crippen LogP contribution in [0.3, 0.4) is 0 Å². The van der Waals surface area contributed by atoms with Crippen LogP contribution in [0.1, 0.15) is 39.0 Å². The molecule has 0 aliphatic rings. The third-order valence-corrected chi connectivity index (χ3v) is 2.20. The number of hydrogen-bond donors (Lipinski definition) is 2. The summed E-state index contributed by atoms with van der Waals surface area (Å²) in [6.07, 6.45) is 6.10. The maximum Gasteiger partial charge on any atom is 0.0897 e. The SMILES string of the molecule is CCCCCCCNCC(O)COC. The van der Waals surface area contributed by atoms with Crippen molar-refractivity contribution < 1.29 is 9.84 Å². The number of unbranched alkanes of at least 4 members (excludes halogenated alkanes) is 4. The number of hydrogen-bond acceptors (Lipinski definition) is 3. The van der Waals surface area contributed by atoms with E-state index in [2.05, 4.69) is 12.2 Å². The maximum atomic E-state index is 9.30. The Kier molecular flexibility index (Phi) is 10.9. The molecule has 86 valence electrons. The molecule has 0 spiro atoms.